The van der Waals surface area contributed by atoms with Gasteiger partial charge >= 0.3 is 5.97 Å². The molecule has 134 valence electrons. The second-order valence-corrected chi connectivity index (χ2v) is 5.22. The highest BCUT2D eigenvalue weighted by atomic mass is 16.5. The summed E-state index contributed by atoms with van der Waals surface area (Å²) in [6, 6.07) is 10.1. The number of aromatic nitrogens is 1. The van der Waals surface area contributed by atoms with Crippen molar-refractivity contribution in [3.8, 4) is 0 Å². The molecule has 0 aliphatic heterocycles. The molecule has 2 aromatic rings. The van der Waals surface area contributed by atoms with Gasteiger partial charge in [0.1, 0.15) is 6.42 Å². The molecule has 1 aromatic heterocycles. The molecule has 0 fully saturated rings. The Morgan fingerprint density at radius 3 is 2.58 bits per heavy atom. The number of nitrogens with zero attached hydrogens (tertiary/aromatic N) is 2. The van der Waals surface area contributed by atoms with Crippen LogP contribution in [0.5, 0.6) is 0 Å². The summed E-state index contributed by atoms with van der Waals surface area (Å²) < 4.78 is 4.60. The zero-order valence-corrected chi connectivity index (χ0v) is 14.1. The van der Waals surface area contributed by atoms with Crippen molar-refractivity contribution in [2.45, 2.75) is 13.0 Å². The number of esters is 1. The number of carbonyl (C=O) groups is 3. The largest absolute Gasteiger partial charge is 0.465 e. The first kappa shape index (κ1) is 18.8. The highest BCUT2D eigenvalue weighted by Gasteiger charge is 2.08. The molecule has 26 heavy (non-hydrogen) atoms. The van der Waals surface area contributed by atoms with E-state index in [2.05, 4.69) is 25.6 Å². The van der Waals surface area contributed by atoms with Crippen molar-refractivity contribution < 1.29 is 19.1 Å². The summed E-state index contributed by atoms with van der Waals surface area (Å²) >= 11 is 0. The predicted molar refractivity (Wildman–Crippen MR) is 94.2 cm³/mol. The molecule has 0 radical (unpaired) electrons. The van der Waals surface area contributed by atoms with Gasteiger partial charge in [-0.1, -0.05) is 18.2 Å². The summed E-state index contributed by atoms with van der Waals surface area (Å²) in [4.78, 5) is 38.6. The van der Waals surface area contributed by atoms with Crippen molar-refractivity contribution in [1.29, 1.82) is 0 Å². The molecule has 8 nitrogen and oxygen atoms in total. The van der Waals surface area contributed by atoms with E-state index in [-0.39, 0.29) is 6.42 Å². The molecule has 0 spiro atoms. The number of hydrogen-bond donors (Lipinski definition) is 2. The van der Waals surface area contributed by atoms with Crippen LogP contribution < -0.4 is 10.7 Å². The maximum atomic E-state index is 11.7. The first-order valence-electron chi connectivity index (χ1n) is 7.74. The zero-order chi connectivity index (χ0) is 18.8. The molecular weight excluding hydrogens is 336 g/mol. The van der Waals surface area contributed by atoms with Crippen LogP contribution in [0.2, 0.25) is 0 Å². The Bertz CT molecular complexity index is 789. The van der Waals surface area contributed by atoms with Crippen LogP contribution in [-0.2, 0) is 20.9 Å². The van der Waals surface area contributed by atoms with Crippen molar-refractivity contribution >= 4 is 24.0 Å². The monoisotopic (exact) mass is 354 g/mol. The highest BCUT2D eigenvalue weighted by Crippen LogP contribution is 2.03. The van der Waals surface area contributed by atoms with Gasteiger partial charge in [0.2, 0.25) is 11.8 Å². The first-order valence-corrected chi connectivity index (χ1v) is 7.74. The minimum Gasteiger partial charge on any atom is -0.465 e. The minimum atomic E-state index is -0.531. The van der Waals surface area contributed by atoms with E-state index in [1.807, 2.05) is 6.07 Å². The van der Waals surface area contributed by atoms with Crippen LogP contribution in [0.3, 0.4) is 0 Å². The molecule has 0 bridgehead atoms. The lowest BCUT2D eigenvalue weighted by Crippen LogP contribution is -2.29. The molecular formula is C18H18N4O4. The van der Waals surface area contributed by atoms with Gasteiger partial charge in [0.25, 0.3) is 0 Å². The number of amides is 2. The maximum absolute atomic E-state index is 11.7. The Morgan fingerprint density at radius 2 is 1.92 bits per heavy atom. The number of nitrogens with one attached hydrogen (secondary N) is 2. The van der Waals surface area contributed by atoms with E-state index in [0.717, 1.165) is 5.56 Å². The zero-order valence-electron chi connectivity index (χ0n) is 14.1. The standard InChI is InChI=1S/C18H18N4O4/c1-26-18(25)15-6-4-13(5-7-15)12-21-22-17(24)9-16(23)20-11-14-3-2-8-19-10-14/h2-8,10,12H,9,11H2,1H3,(H,20,23)(H,22,24)/b21-12-. The molecule has 2 rings (SSSR count). The van der Waals surface area contributed by atoms with Crippen molar-refractivity contribution in [2.24, 2.45) is 5.10 Å². The lowest BCUT2D eigenvalue weighted by Gasteiger charge is -2.04. The van der Waals surface area contributed by atoms with E-state index in [0.29, 0.717) is 17.7 Å². The van der Waals surface area contributed by atoms with Gasteiger partial charge in [-0.15, -0.1) is 0 Å². The summed E-state index contributed by atoms with van der Waals surface area (Å²) in [7, 11) is 1.31. The molecule has 2 amide bonds. The third-order valence-electron chi connectivity index (χ3n) is 3.27. The Balaban J connectivity index is 1.74. The molecule has 1 heterocycles. The van der Waals surface area contributed by atoms with E-state index in [1.165, 1.54) is 13.3 Å². The SMILES string of the molecule is COC(=O)c1ccc(/C=N\NC(=O)CC(=O)NCc2cccnc2)cc1. The van der Waals surface area contributed by atoms with E-state index in [4.69, 9.17) is 0 Å². The highest BCUT2D eigenvalue weighted by molar-refractivity contribution is 5.97. The van der Waals surface area contributed by atoms with Crippen molar-refractivity contribution in [3.05, 3.63) is 65.5 Å². The normalized spacial score (nSPS) is 10.3. The summed E-state index contributed by atoms with van der Waals surface area (Å²) in [6.45, 7) is 0.301. The molecule has 2 N–H and O–H groups in total. The summed E-state index contributed by atoms with van der Waals surface area (Å²) in [5.74, 6) is -1.38. The number of hydrogen-bond acceptors (Lipinski definition) is 6. The van der Waals surface area contributed by atoms with Crippen molar-refractivity contribution in [3.63, 3.8) is 0 Å². The van der Waals surface area contributed by atoms with E-state index in [9.17, 15) is 14.4 Å². The summed E-state index contributed by atoms with van der Waals surface area (Å²) in [5, 5.41) is 6.40. The van der Waals surface area contributed by atoms with Gasteiger partial charge in [0, 0.05) is 18.9 Å². The Morgan fingerprint density at radius 1 is 1.15 bits per heavy atom. The number of carbonyl (C=O) groups excluding carboxylic acids is 3. The molecule has 0 aliphatic carbocycles. The van der Waals surface area contributed by atoms with Gasteiger partial charge in [-0.3, -0.25) is 14.6 Å². The van der Waals surface area contributed by atoms with Gasteiger partial charge in [-0.25, -0.2) is 10.2 Å². The van der Waals surface area contributed by atoms with Crippen LogP contribution in [-0.4, -0.2) is 36.1 Å². The third kappa shape index (κ3) is 6.16. The second kappa shape index (κ2) is 9.67. The Kier molecular flexibility index (Phi) is 6.99. The van der Waals surface area contributed by atoms with Crippen LogP contribution in [0, 0.1) is 0 Å². The third-order valence-corrected chi connectivity index (χ3v) is 3.27. The van der Waals surface area contributed by atoms with Crippen molar-refractivity contribution in [1.82, 2.24) is 15.7 Å². The molecule has 0 aliphatic rings. The topological polar surface area (TPSA) is 110 Å². The molecule has 0 saturated carbocycles. The van der Waals surface area contributed by atoms with Gasteiger partial charge in [-0.2, -0.15) is 5.10 Å². The van der Waals surface area contributed by atoms with Crippen LogP contribution in [0.1, 0.15) is 27.9 Å². The smallest absolute Gasteiger partial charge is 0.337 e. The number of rotatable bonds is 7. The first-order chi connectivity index (χ1) is 12.6. The number of ether oxygens (including phenoxy) is 1. The van der Waals surface area contributed by atoms with Gasteiger partial charge in [0.15, 0.2) is 0 Å². The lowest BCUT2D eigenvalue weighted by atomic mass is 10.1. The van der Waals surface area contributed by atoms with E-state index in [1.54, 1.807) is 42.7 Å². The van der Waals surface area contributed by atoms with Gasteiger partial charge < -0.3 is 10.1 Å². The second-order valence-electron chi connectivity index (χ2n) is 5.22. The Hall–Kier alpha value is -3.55. The average Bonchev–Trinajstić information content (AvgIpc) is 2.67. The van der Waals surface area contributed by atoms with Crippen molar-refractivity contribution in [2.75, 3.05) is 7.11 Å². The lowest BCUT2D eigenvalue weighted by molar-refractivity contribution is -0.129. The van der Waals surface area contributed by atoms with Gasteiger partial charge in [-0.05, 0) is 29.3 Å². The molecule has 8 heteroatoms. The van der Waals surface area contributed by atoms with Crippen LogP contribution >= 0.6 is 0 Å². The number of hydrazone groups is 1. The van der Waals surface area contributed by atoms with E-state index < -0.39 is 17.8 Å². The molecule has 1 aromatic carbocycles. The molecule has 0 unspecified atom stereocenters. The van der Waals surface area contributed by atoms with Crippen LogP contribution in [0.4, 0.5) is 0 Å². The molecule has 0 saturated heterocycles. The predicted octanol–water partition coefficient (Wildman–Crippen LogP) is 1.02. The van der Waals surface area contributed by atoms with Gasteiger partial charge in [0.05, 0.1) is 18.9 Å². The van der Waals surface area contributed by atoms with Crippen LogP contribution in [0.15, 0.2) is 53.9 Å². The minimum absolute atomic E-state index is 0.301. The number of methoxy groups -OCH3 is 1. The fourth-order valence-corrected chi connectivity index (χ4v) is 1.95. The molecule has 0 atom stereocenters. The summed E-state index contributed by atoms with van der Waals surface area (Å²) in [5.41, 5.74) is 4.21. The average molecular weight is 354 g/mol. The van der Waals surface area contributed by atoms with E-state index >= 15 is 0 Å². The number of benzene rings is 1. The Labute approximate surface area is 150 Å². The maximum Gasteiger partial charge on any atom is 0.337 e. The fraction of sp³-hybridized carbons (Fsp3) is 0.167. The number of pyridine rings is 1. The quantitative estimate of drug-likeness (QED) is 0.334. The fourth-order valence-electron chi connectivity index (χ4n) is 1.95. The summed E-state index contributed by atoms with van der Waals surface area (Å²) in [6.07, 6.45) is 4.35. The van der Waals surface area contributed by atoms with Crippen LogP contribution in [0.25, 0.3) is 0 Å².